The van der Waals surface area contributed by atoms with Crippen LogP contribution < -0.4 is 5.32 Å². The summed E-state index contributed by atoms with van der Waals surface area (Å²) in [5, 5.41) is 3.11. The first kappa shape index (κ1) is 16.9. The molecule has 0 radical (unpaired) electrons. The Morgan fingerprint density at radius 1 is 1.17 bits per heavy atom. The normalized spacial score (nSPS) is 21.7. The predicted octanol–water partition coefficient (Wildman–Crippen LogP) is 5.14. The maximum absolute atomic E-state index is 13.5. The molecule has 1 amide bonds. The van der Waals surface area contributed by atoms with Gasteiger partial charge in [0.25, 0.3) is 5.91 Å². The van der Waals surface area contributed by atoms with Crippen molar-refractivity contribution < 1.29 is 9.18 Å². The van der Waals surface area contributed by atoms with E-state index in [-0.39, 0.29) is 16.9 Å². The lowest BCUT2D eigenvalue weighted by Crippen LogP contribution is -2.51. The standard InChI is InChI=1S/C19H27FNOP/c1-4-23(10-5-6-11-23)19(8-7-9-19)18(22)21-17-14(2)12-16(20)13-15(17)3/h12-13H,4-11H2,1-3H3/p+1. The molecule has 4 heteroatoms. The molecule has 1 aromatic rings. The molecule has 1 heterocycles. The van der Waals surface area contributed by atoms with Crippen molar-refractivity contribution in [3.05, 3.63) is 29.1 Å². The fourth-order valence-corrected chi connectivity index (χ4v) is 10.5. The largest absolute Gasteiger partial charge is 0.322 e. The highest BCUT2D eigenvalue weighted by Gasteiger charge is 2.65. The van der Waals surface area contributed by atoms with Crippen molar-refractivity contribution in [1.29, 1.82) is 0 Å². The molecule has 1 saturated carbocycles. The van der Waals surface area contributed by atoms with Crippen molar-refractivity contribution in [2.75, 3.05) is 23.8 Å². The highest BCUT2D eigenvalue weighted by Crippen LogP contribution is 2.77. The van der Waals surface area contributed by atoms with E-state index in [1.54, 1.807) is 0 Å². The Bertz CT molecular complexity index is 595. The number of carbonyl (C=O) groups excluding carboxylic acids is 1. The fourth-order valence-electron chi connectivity index (χ4n) is 4.75. The van der Waals surface area contributed by atoms with Gasteiger partial charge in [-0.05, 0) is 76.1 Å². The van der Waals surface area contributed by atoms with E-state index in [1.165, 1.54) is 49.9 Å². The molecule has 0 spiro atoms. The van der Waals surface area contributed by atoms with Crippen LogP contribution >= 0.6 is 7.26 Å². The summed E-state index contributed by atoms with van der Waals surface area (Å²) in [7, 11) is -1.18. The quantitative estimate of drug-likeness (QED) is 0.758. The van der Waals surface area contributed by atoms with Crippen LogP contribution in [0.2, 0.25) is 0 Å². The Morgan fingerprint density at radius 2 is 1.74 bits per heavy atom. The van der Waals surface area contributed by atoms with E-state index in [0.29, 0.717) is 0 Å². The van der Waals surface area contributed by atoms with Crippen LogP contribution in [0.4, 0.5) is 10.1 Å². The third-order valence-corrected chi connectivity index (χ3v) is 12.3. The van der Waals surface area contributed by atoms with Gasteiger partial charge in [0.15, 0.2) is 5.16 Å². The van der Waals surface area contributed by atoms with Gasteiger partial charge in [-0.15, -0.1) is 0 Å². The minimum atomic E-state index is -1.18. The van der Waals surface area contributed by atoms with E-state index >= 15 is 0 Å². The number of halogens is 1. The summed E-state index contributed by atoms with van der Waals surface area (Å²) in [4.78, 5) is 13.3. The zero-order chi connectivity index (χ0) is 16.7. The monoisotopic (exact) mass is 336 g/mol. The third kappa shape index (κ3) is 2.61. The van der Waals surface area contributed by atoms with Crippen molar-refractivity contribution in [2.24, 2.45) is 0 Å². The molecule has 126 valence electrons. The second-order valence-electron chi connectivity index (χ2n) is 7.37. The predicted molar refractivity (Wildman–Crippen MR) is 97.5 cm³/mol. The number of benzene rings is 1. The summed E-state index contributed by atoms with van der Waals surface area (Å²) in [5.74, 6) is -0.0108. The van der Waals surface area contributed by atoms with Crippen molar-refractivity contribution in [2.45, 2.75) is 58.0 Å². The Balaban J connectivity index is 1.90. The Morgan fingerprint density at radius 3 is 2.17 bits per heavy atom. The number of hydrogen-bond acceptors (Lipinski definition) is 1. The van der Waals surface area contributed by atoms with Crippen molar-refractivity contribution >= 4 is 18.9 Å². The van der Waals surface area contributed by atoms with E-state index in [0.717, 1.165) is 29.7 Å². The molecular weight excluding hydrogens is 308 g/mol. The molecule has 1 aliphatic heterocycles. The highest BCUT2D eigenvalue weighted by atomic mass is 31.2. The van der Waals surface area contributed by atoms with Crippen LogP contribution in [0.3, 0.4) is 0 Å². The molecule has 2 aliphatic rings. The topological polar surface area (TPSA) is 29.1 Å². The molecule has 0 unspecified atom stereocenters. The summed E-state index contributed by atoms with van der Waals surface area (Å²) >= 11 is 0. The van der Waals surface area contributed by atoms with Crippen LogP contribution in [-0.2, 0) is 4.79 Å². The number of anilines is 1. The third-order valence-electron chi connectivity index (χ3n) is 6.27. The van der Waals surface area contributed by atoms with Gasteiger partial charge in [-0.25, -0.2) is 4.39 Å². The van der Waals surface area contributed by atoms with Crippen molar-refractivity contribution in [3.8, 4) is 0 Å². The van der Waals surface area contributed by atoms with Crippen LogP contribution in [0.15, 0.2) is 12.1 Å². The van der Waals surface area contributed by atoms with Crippen LogP contribution in [-0.4, -0.2) is 29.5 Å². The molecule has 0 aromatic heterocycles. The molecule has 1 aliphatic carbocycles. The van der Waals surface area contributed by atoms with E-state index in [2.05, 4.69) is 12.2 Å². The Hall–Kier alpha value is -0.950. The first-order valence-electron chi connectivity index (χ1n) is 8.88. The molecule has 3 rings (SSSR count). The molecule has 23 heavy (non-hydrogen) atoms. The second-order valence-corrected chi connectivity index (χ2v) is 12.0. The molecule has 1 aromatic carbocycles. The first-order valence-corrected chi connectivity index (χ1v) is 11.2. The lowest BCUT2D eigenvalue weighted by atomic mass is 9.83. The number of carbonyl (C=O) groups is 1. The summed E-state index contributed by atoms with van der Waals surface area (Å²) in [6.45, 7) is 6.04. The average Bonchev–Trinajstić information content (AvgIpc) is 2.91. The average molecular weight is 336 g/mol. The number of amides is 1. The van der Waals surface area contributed by atoms with E-state index in [4.69, 9.17) is 0 Å². The number of aryl methyl sites for hydroxylation is 2. The molecule has 2 nitrogen and oxygen atoms in total. The van der Waals surface area contributed by atoms with Gasteiger partial charge in [-0.2, -0.15) is 0 Å². The van der Waals surface area contributed by atoms with E-state index in [9.17, 15) is 9.18 Å². The zero-order valence-electron chi connectivity index (χ0n) is 14.5. The highest BCUT2D eigenvalue weighted by molar-refractivity contribution is 7.78. The lowest BCUT2D eigenvalue weighted by molar-refractivity contribution is -0.120. The van der Waals surface area contributed by atoms with E-state index < -0.39 is 7.26 Å². The summed E-state index contributed by atoms with van der Waals surface area (Å²) in [5.41, 5.74) is 2.46. The van der Waals surface area contributed by atoms with Gasteiger partial charge < -0.3 is 5.32 Å². The van der Waals surface area contributed by atoms with Crippen LogP contribution in [0.5, 0.6) is 0 Å². The molecule has 1 N–H and O–H groups in total. The minimum absolute atomic E-state index is 0.0917. The molecular formula is C19H28FNOP+. The SMILES string of the molecule is CC[P+]1(C2(C(=O)Nc3c(C)cc(F)cc3C)CCC2)CCCC1. The van der Waals surface area contributed by atoms with Gasteiger partial charge in [0.05, 0.1) is 18.5 Å². The summed E-state index contributed by atoms with van der Waals surface area (Å²) < 4.78 is 13.5. The number of rotatable bonds is 4. The maximum Gasteiger partial charge on any atom is 0.268 e. The van der Waals surface area contributed by atoms with Gasteiger partial charge in [-0.1, -0.05) is 0 Å². The number of nitrogens with one attached hydrogen (secondary N) is 1. The van der Waals surface area contributed by atoms with Crippen LogP contribution in [0, 0.1) is 19.7 Å². The first-order chi connectivity index (χ1) is 10.9. The van der Waals surface area contributed by atoms with Gasteiger partial charge in [0, 0.05) is 12.9 Å². The Kier molecular flexibility index (Phi) is 4.53. The van der Waals surface area contributed by atoms with Crippen LogP contribution in [0.1, 0.15) is 50.2 Å². The lowest BCUT2D eigenvalue weighted by Gasteiger charge is -2.47. The number of hydrogen-bond donors (Lipinski definition) is 1. The van der Waals surface area contributed by atoms with Crippen molar-refractivity contribution in [1.82, 2.24) is 0 Å². The minimum Gasteiger partial charge on any atom is -0.322 e. The summed E-state index contributed by atoms with van der Waals surface area (Å²) in [6.07, 6.45) is 9.66. The smallest absolute Gasteiger partial charge is 0.268 e. The maximum atomic E-state index is 13.5. The second kappa shape index (κ2) is 6.16. The van der Waals surface area contributed by atoms with Crippen LogP contribution in [0.25, 0.3) is 0 Å². The van der Waals surface area contributed by atoms with E-state index in [1.807, 2.05) is 13.8 Å². The fraction of sp³-hybridized carbons (Fsp3) is 0.632. The molecule has 2 fully saturated rings. The Labute approximate surface area is 139 Å². The zero-order valence-corrected chi connectivity index (χ0v) is 15.4. The van der Waals surface area contributed by atoms with Gasteiger partial charge in [0.2, 0.25) is 0 Å². The van der Waals surface area contributed by atoms with Gasteiger partial charge in [0.1, 0.15) is 5.82 Å². The molecule has 0 bridgehead atoms. The molecule has 0 atom stereocenters. The van der Waals surface area contributed by atoms with Gasteiger partial charge >= 0.3 is 0 Å². The summed E-state index contributed by atoms with van der Waals surface area (Å²) in [6, 6.07) is 3.02. The van der Waals surface area contributed by atoms with Crippen molar-refractivity contribution in [3.63, 3.8) is 0 Å². The van der Waals surface area contributed by atoms with Gasteiger partial charge in [-0.3, -0.25) is 4.79 Å². The molecule has 1 saturated heterocycles.